The van der Waals surface area contributed by atoms with Crippen molar-refractivity contribution >= 4 is 11.7 Å². The van der Waals surface area contributed by atoms with Gasteiger partial charge in [-0.2, -0.15) is 5.10 Å². The number of carbonyl (C=O) groups excluding carboxylic acids is 1. The Kier molecular flexibility index (Phi) is 6.64. The molecule has 202 valence electrons. The lowest BCUT2D eigenvalue weighted by molar-refractivity contribution is 0.194. The molecule has 1 aliphatic heterocycles. The predicted octanol–water partition coefficient (Wildman–Crippen LogP) is 7.12. The molecule has 0 spiro atoms. The van der Waals surface area contributed by atoms with Crippen molar-refractivity contribution in [2.75, 3.05) is 11.9 Å². The molecule has 0 bridgehead atoms. The van der Waals surface area contributed by atoms with Gasteiger partial charge in [0.25, 0.3) is 0 Å². The van der Waals surface area contributed by atoms with Crippen molar-refractivity contribution in [3.8, 4) is 17.3 Å². The number of hydrogen-bond donors (Lipinski definition) is 1. The van der Waals surface area contributed by atoms with Crippen LogP contribution in [0.25, 0.3) is 11.5 Å². The molecule has 3 heterocycles. The van der Waals surface area contributed by atoms with Crippen LogP contribution < -0.4 is 10.1 Å². The molecule has 7 nitrogen and oxygen atoms in total. The minimum absolute atomic E-state index is 0.177. The van der Waals surface area contributed by atoms with E-state index in [-0.39, 0.29) is 12.1 Å². The van der Waals surface area contributed by atoms with Crippen molar-refractivity contribution in [3.63, 3.8) is 0 Å². The van der Waals surface area contributed by atoms with Gasteiger partial charge >= 0.3 is 6.03 Å². The van der Waals surface area contributed by atoms with Crippen molar-refractivity contribution in [1.82, 2.24) is 19.2 Å². The summed E-state index contributed by atoms with van der Waals surface area (Å²) in [6.07, 6.45) is 2.06. The highest BCUT2D eigenvalue weighted by atomic mass is 16.5. The predicted molar refractivity (Wildman–Crippen MR) is 158 cm³/mol. The molecule has 0 saturated carbocycles. The van der Waals surface area contributed by atoms with Crippen LogP contribution in [0.3, 0.4) is 0 Å². The zero-order valence-electron chi connectivity index (χ0n) is 23.3. The van der Waals surface area contributed by atoms with E-state index in [1.807, 2.05) is 104 Å². The number of aromatic nitrogens is 3. The summed E-state index contributed by atoms with van der Waals surface area (Å²) in [4.78, 5) is 16.1. The standard InChI is InChI=1S/C33H33N5O2/c1-5-40-28-14-9-11-25(20-28)31-30-15-10-16-36(30)32-29(24(4)35-38(32)27-12-7-6-8-13-27)21-37(31)33(39)34-26-18-22(2)17-23(3)19-26/h6-20,31H,5,21H2,1-4H3,(H,34,39)/t31-/m0/s1. The van der Waals surface area contributed by atoms with Crippen LogP contribution in [-0.4, -0.2) is 31.9 Å². The van der Waals surface area contributed by atoms with Gasteiger partial charge in [-0.1, -0.05) is 36.4 Å². The van der Waals surface area contributed by atoms with Crippen LogP contribution in [0.4, 0.5) is 10.5 Å². The van der Waals surface area contributed by atoms with Gasteiger partial charge in [0.2, 0.25) is 0 Å². The Bertz CT molecular complexity index is 1660. The van der Waals surface area contributed by atoms with E-state index in [9.17, 15) is 4.79 Å². The molecule has 7 heteroatoms. The van der Waals surface area contributed by atoms with Crippen molar-refractivity contribution in [2.24, 2.45) is 0 Å². The van der Waals surface area contributed by atoms with Gasteiger partial charge in [0.05, 0.1) is 36.3 Å². The zero-order valence-corrected chi connectivity index (χ0v) is 23.3. The second-order valence-corrected chi connectivity index (χ2v) is 10.3. The van der Waals surface area contributed by atoms with Crippen LogP contribution in [0.5, 0.6) is 5.75 Å². The van der Waals surface area contributed by atoms with E-state index in [0.717, 1.165) is 56.6 Å². The number of hydrogen-bond acceptors (Lipinski definition) is 3. The molecular formula is C33H33N5O2. The second kappa shape index (κ2) is 10.4. The number of urea groups is 1. The van der Waals surface area contributed by atoms with Gasteiger partial charge in [0, 0.05) is 17.4 Å². The van der Waals surface area contributed by atoms with E-state index >= 15 is 0 Å². The number of aryl methyl sites for hydroxylation is 3. The van der Waals surface area contributed by atoms with Crippen LogP contribution >= 0.6 is 0 Å². The van der Waals surface area contributed by atoms with Crippen LogP contribution in [0.15, 0.2) is 91.1 Å². The van der Waals surface area contributed by atoms with Crippen LogP contribution in [0, 0.1) is 20.8 Å². The molecule has 0 radical (unpaired) electrons. The number of nitrogens with zero attached hydrogens (tertiary/aromatic N) is 4. The largest absolute Gasteiger partial charge is 0.494 e. The Morgan fingerprint density at radius 1 is 0.950 bits per heavy atom. The van der Waals surface area contributed by atoms with Crippen molar-refractivity contribution in [1.29, 1.82) is 0 Å². The first-order chi connectivity index (χ1) is 19.4. The zero-order chi connectivity index (χ0) is 27.8. The summed E-state index contributed by atoms with van der Waals surface area (Å²) >= 11 is 0. The van der Waals surface area contributed by atoms with E-state index in [1.54, 1.807) is 0 Å². The highest BCUT2D eigenvalue weighted by molar-refractivity contribution is 5.90. The fourth-order valence-corrected chi connectivity index (χ4v) is 5.68. The summed E-state index contributed by atoms with van der Waals surface area (Å²) in [5.74, 6) is 1.72. The van der Waals surface area contributed by atoms with E-state index < -0.39 is 0 Å². The van der Waals surface area contributed by atoms with E-state index in [4.69, 9.17) is 9.84 Å². The molecule has 5 aromatic rings. The highest BCUT2D eigenvalue weighted by Crippen LogP contribution is 2.39. The lowest BCUT2D eigenvalue weighted by Gasteiger charge is -2.31. The fourth-order valence-electron chi connectivity index (χ4n) is 5.68. The van der Waals surface area contributed by atoms with Crippen LogP contribution in [0.2, 0.25) is 0 Å². The third kappa shape index (κ3) is 4.64. The molecule has 0 fully saturated rings. The summed E-state index contributed by atoms with van der Waals surface area (Å²) in [5.41, 5.74) is 7.78. The third-order valence-corrected chi connectivity index (χ3v) is 7.31. The third-order valence-electron chi connectivity index (χ3n) is 7.31. The lowest BCUT2D eigenvalue weighted by Crippen LogP contribution is -2.38. The number of rotatable bonds is 5. The Labute approximate surface area is 234 Å². The van der Waals surface area contributed by atoms with Gasteiger partial charge in [-0.15, -0.1) is 0 Å². The number of ether oxygens (including phenoxy) is 1. The number of para-hydroxylation sites is 1. The highest BCUT2D eigenvalue weighted by Gasteiger charge is 2.36. The molecule has 0 saturated heterocycles. The van der Waals surface area contributed by atoms with Crippen molar-refractivity contribution < 1.29 is 9.53 Å². The number of benzene rings is 3. The normalized spacial score (nSPS) is 14.3. The SMILES string of the molecule is CCOc1cccc([C@H]2c3cccn3-c3c(c(C)nn3-c3ccccc3)CN2C(=O)Nc2cc(C)cc(C)c2)c1. The number of amides is 2. The number of anilines is 1. The van der Waals surface area contributed by atoms with Gasteiger partial charge in [-0.25, -0.2) is 9.48 Å². The molecule has 2 aromatic heterocycles. The second-order valence-electron chi connectivity index (χ2n) is 10.3. The van der Waals surface area contributed by atoms with E-state index in [0.29, 0.717) is 13.2 Å². The monoisotopic (exact) mass is 531 g/mol. The molecule has 1 atom stereocenters. The Balaban J connectivity index is 1.53. The minimum Gasteiger partial charge on any atom is -0.494 e. The molecule has 3 aromatic carbocycles. The number of carbonyl (C=O) groups is 1. The summed E-state index contributed by atoms with van der Waals surface area (Å²) in [6, 6.07) is 27.8. The molecule has 40 heavy (non-hydrogen) atoms. The lowest BCUT2D eigenvalue weighted by atomic mass is 10.0. The van der Waals surface area contributed by atoms with Gasteiger partial charge in [-0.05, 0) is 92.9 Å². The smallest absolute Gasteiger partial charge is 0.322 e. The molecule has 1 N–H and O–H groups in total. The molecule has 1 aliphatic rings. The molecule has 6 rings (SSSR count). The molecule has 0 unspecified atom stereocenters. The van der Waals surface area contributed by atoms with Crippen molar-refractivity contribution in [2.45, 2.75) is 40.3 Å². The minimum atomic E-state index is -0.364. The molecule has 2 amide bonds. The first-order valence-electron chi connectivity index (χ1n) is 13.6. The van der Waals surface area contributed by atoms with E-state index in [1.165, 1.54) is 0 Å². The van der Waals surface area contributed by atoms with Gasteiger partial charge in [-0.3, -0.25) is 0 Å². The topological polar surface area (TPSA) is 64.3 Å². The van der Waals surface area contributed by atoms with Gasteiger partial charge in [0.1, 0.15) is 11.6 Å². The first kappa shape index (κ1) is 25.5. The molecule has 0 aliphatic carbocycles. The van der Waals surface area contributed by atoms with E-state index in [2.05, 4.69) is 34.3 Å². The fraction of sp³-hybridized carbons (Fsp3) is 0.212. The number of nitrogens with one attached hydrogen (secondary N) is 1. The maximum absolute atomic E-state index is 14.2. The Morgan fingerprint density at radius 3 is 2.48 bits per heavy atom. The summed E-state index contributed by atoms with van der Waals surface area (Å²) < 4.78 is 10.0. The number of fused-ring (bicyclic) bond motifs is 3. The average molecular weight is 532 g/mol. The first-order valence-corrected chi connectivity index (χ1v) is 13.6. The quantitative estimate of drug-likeness (QED) is 0.263. The summed E-state index contributed by atoms with van der Waals surface area (Å²) in [5, 5.41) is 8.13. The summed E-state index contributed by atoms with van der Waals surface area (Å²) in [7, 11) is 0. The van der Waals surface area contributed by atoms with Crippen LogP contribution in [-0.2, 0) is 6.54 Å². The van der Waals surface area contributed by atoms with Crippen molar-refractivity contribution in [3.05, 3.63) is 125 Å². The maximum Gasteiger partial charge on any atom is 0.322 e. The Morgan fingerprint density at radius 2 is 1.73 bits per heavy atom. The molecular weight excluding hydrogens is 498 g/mol. The maximum atomic E-state index is 14.2. The van der Waals surface area contributed by atoms with Gasteiger partial charge in [0.15, 0.2) is 0 Å². The Hall–Kier alpha value is -4.78. The average Bonchev–Trinajstić information content (AvgIpc) is 3.49. The van der Waals surface area contributed by atoms with Crippen LogP contribution in [0.1, 0.15) is 46.6 Å². The summed E-state index contributed by atoms with van der Waals surface area (Å²) in [6.45, 7) is 9.02. The van der Waals surface area contributed by atoms with Gasteiger partial charge < -0.3 is 19.5 Å².